The lowest BCUT2D eigenvalue weighted by Crippen LogP contribution is -2.58. The minimum Gasteiger partial charge on any atom is -0.458 e. The van der Waals surface area contributed by atoms with Gasteiger partial charge in [0, 0.05) is 0 Å². The summed E-state index contributed by atoms with van der Waals surface area (Å²) in [7, 11) is 2.21. The minimum atomic E-state index is 0.0374. The van der Waals surface area contributed by atoms with Crippen LogP contribution in [0.5, 0.6) is 0 Å². The van der Waals surface area contributed by atoms with E-state index in [2.05, 4.69) is 27.8 Å². The van der Waals surface area contributed by atoms with E-state index in [1.54, 1.807) is 0 Å². The molecule has 4 atom stereocenters. The van der Waals surface area contributed by atoms with Crippen molar-refractivity contribution in [2.24, 2.45) is 23.2 Å². The molecule has 1 heterocycles. The van der Waals surface area contributed by atoms with E-state index < -0.39 is 0 Å². The van der Waals surface area contributed by atoms with E-state index in [0.717, 1.165) is 35.8 Å². The molecule has 0 aromatic carbocycles. The first kappa shape index (κ1) is 15.3. The summed E-state index contributed by atoms with van der Waals surface area (Å²) in [6, 6.07) is 0. The lowest BCUT2D eigenvalue weighted by molar-refractivity contribution is -0.907. The molecule has 4 fully saturated rings. The van der Waals surface area contributed by atoms with Crippen LogP contribution in [0, 0.1) is 23.2 Å². The summed E-state index contributed by atoms with van der Waals surface area (Å²) in [4.78, 5) is 12.4. The van der Waals surface area contributed by atoms with Crippen LogP contribution in [0.1, 0.15) is 52.9 Å². The molecule has 0 aromatic heterocycles. The van der Waals surface area contributed by atoms with Gasteiger partial charge in [0.15, 0.2) is 6.54 Å². The van der Waals surface area contributed by atoms with Crippen molar-refractivity contribution in [1.82, 2.24) is 0 Å². The van der Waals surface area contributed by atoms with Gasteiger partial charge in [-0.2, -0.15) is 0 Å². The Hall–Kier alpha value is -0.570. The van der Waals surface area contributed by atoms with E-state index in [1.165, 1.54) is 25.7 Å². The second-order valence-electron chi connectivity index (χ2n) is 8.77. The summed E-state index contributed by atoms with van der Waals surface area (Å²) in [5.74, 6) is 2.07. The molecule has 0 radical (unpaired) electrons. The summed E-state index contributed by atoms with van der Waals surface area (Å²) in [6.45, 7) is 9.90. The van der Waals surface area contributed by atoms with Crippen molar-refractivity contribution in [3.05, 3.63) is 0 Å². The normalized spacial score (nSPS) is 40.2. The molecule has 0 N–H and O–H groups in total. The first-order valence-electron chi connectivity index (χ1n) is 8.85. The smallest absolute Gasteiger partial charge is 0.362 e. The van der Waals surface area contributed by atoms with Gasteiger partial charge in [0.25, 0.3) is 0 Å². The molecule has 0 spiro atoms. The van der Waals surface area contributed by atoms with Crippen LogP contribution in [0.3, 0.4) is 0 Å². The molecule has 21 heavy (non-hydrogen) atoms. The number of likely N-dealkylation sites (tertiary alicyclic amines) is 1. The topological polar surface area (TPSA) is 26.3 Å². The monoisotopic (exact) mass is 294 g/mol. The lowest BCUT2D eigenvalue weighted by Gasteiger charge is -2.61. The fourth-order valence-electron chi connectivity index (χ4n) is 5.21. The van der Waals surface area contributed by atoms with Crippen LogP contribution >= 0.6 is 0 Å². The quantitative estimate of drug-likeness (QED) is 0.590. The standard InChI is InChI=1S/C18H32NO2/c1-13-15-10-14(18(15,2)3)11-16(13)21-17(20)12-19(4)8-6-5-7-9-19/h13-16H,5-12H2,1-4H3/q+1/t13-,14+,15-,16-/m0/s1. The van der Waals surface area contributed by atoms with Crippen molar-refractivity contribution in [2.45, 2.75) is 59.0 Å². The molecule has 120 valence electrons. The van der Waals surface area contributed by atoms with E-state index in [1.807, 2.05) is 0 Å². The number of likely N-dealkylation sites (N-methyl/N-ethyl adjacent to an activating group) is 1. The highest BCUT2D eigenvalue weighted by Crippen LogP contribution is 2.61. The molecule has 3 heteroatoms. The van der Waals surface area contributed by atoms with Crippen LogP contribution in [0.25, 0.3) is 0 Å². The van der Waals surface area contributed by atoms with Crippen molar-refractivity contribution in [2.75, 3.05) is 26.7 Å². The largest absolute Gasteiger partial charge is 0.458 e. The predicted molar refractivity (Wildman–Crippen MR) is 83.7 cm³/mol. The molecule has 0 amide bonds. The zero-order valence-corrected chi connectivity index (χ0v) is 14.2. The fourth-order valence-corrected chi connectivity index (χ4v) is 5.21. The summed E-state index contributed by atoms with van der Waals surface area (Å²) in [5.41, 5.74) is 0.466. The number of hydrogen-bond donors (Lipinski definition) is 0. The third kappa shape index (κ3) is 2.74. The molecular weight excluding hydrogens is 262 g/mol. The molecule has 4 rings (SSSR count). The summed E-state index contributed by atoms with van der Waals surface area (Å²) >= 11 is 0. The molecular formula is C18H32NO2+. The van der Waals surface area contributed by atoms with Gasteiger partial charge < -0.3 is 9.22 Å². The van der Waals surface area contributed by atoms with Gasteiger partial charge in [-0.1, -0.05) is 20.8 Å². The summed E-state index contributed by atoms with van der Waals surface area (Å²) in [5, 5.41) is 0. The molecule has 2 bridgehead atoms. The van der Waals surface area contributed by atoms with Gasteiger partial charge in [0.05, 0.1) is 20.1 Å². The number of rotatable bonds is 3. The van der Waals surface area contributed by atoms with Gasteiger partial charge in [-0.15, -0.1) is 0 Å². The summed E-state index contributed by atoms with van der Waals surface area (Å²) in [6.07, 6.45) is 6.42. The minimum absolute atomic E-state index is 0.0374. The number of quaternary nitrogens is 1. The molecule has 1 saturated heterocycles. The molecule has 4 aliphatic rings. The van der Waals surface area contributed by atoms with Crippen LogP contribution in [0.15, 0.2) is 0 Å². The molecule has 3 saturated carbocycles. The van der Waals surface area contributed by atoms with E-state index >= 15 is 0 Å². The molecule has 3 nitrogen and oxygen atoms in total. The lowest BCUT2D eigenvalue weighted by atomic mass is 9.45. The molecule has 0 aromatic rings. The van der Waals surface area contributed by atoms with Crippen LogP contribution in [0.4, 0.5) is 0 Å². The van der Waals surface area contributed by atoms with Crippen molar-refractivity contribution in [3.63, 3.8) is 0 Å². The number of carbonyl (C=O) groups is 1. The zero-order chi connectivity index (χ0) is 15.3. The van der Waals surface area contributed by atoms with Gasteiger partial charge in [-0.25, -0.2) is 4.79 Å². The van der Waals surface area contributed by atoms with E-state index in [9.17, 15) is 4.79 Å². The maximum Gasteiger partial charge on any atom is 0.362 e. The van der Waals surface area contributed by atoms with Crippen LogP contribution in [0.2, 0.25) is 0 Å². The Kier molecular flexibility index (Phi) is 3.84. The van der Waals surface area contributed by atoms with E-state index in [0.29, 0.717) is 17.9 Å². The number of piperidine rings is 1. The van der Waals surface area contributed by atoms with Crippen molar-refractivity contribution in [3.8, 4) is 0 Å². The zero-order valence-electron chi connectivity index (χ0n) is 14.2. The third-order valence-corrected chi connectivity index (χ3v) is 6.97. The number of hydrogen-bond acceptors (Lipinski definition) is 2. The average molecular weight is 294 g/mol. The van der Waals surface area contributed by atoms with Crippen LogP contribution < -0.4 is 0 Å². The number of carbonyl (C=O) groups excluding carboxylic acids is 1. The van der Waals surface area contributed by atoms with Gasteiger partial charge >= 0.3 is 5.97 Å². The molecule has 3 aliphatic carbocycles. The Bertz CT molecular complexity index is 411. The molecule has 0 unspecified atom stereocenters. The average Bonchev–Trinajstić information content (AvgIpc) is 2.40. The number of fused-ring (bicyclic) bond motifs is 2. The number of nitrogens with zero attached hydrogens (tertiary/aromatic N) is 1. The highest BCUT2D eigenvalue weighted by molar-refractivity contribution is 5.70. The number of esters is 1. The van der Waals surface area contributed by atoms with Gasteiger partial charge in [0.1, 0.15) is 6.10 Å². The highest BCUT2D eigenvalue weighted by Gasteiger charge is 2.57. The first-order chi connectivity index (χ1) is 9.82. The predicted octanol–water partition coefficient (Wildman–Crippen LogP) is 3.23. The molecule has 1 aliphatic heterocycles. The maximum atomic E-state index is 12.4. The Morgan fingerprint density at radius 1 is 1.19 bits per heavy atom. The Morgan fingerprint density at radius 3 is 2.43 bits per heavy atom. The van der Waals surface area contributed by atoms with Crippen molar-refractivity contribution < 1.29 is 14.0 Å². The van der Waals surface area contributed by atoms with Crippen molar-refractivity contribution in [1.29, 1.82) is 0 Å². The van der Waals surface area contributed by atoms with Crippen LogP contribution in [-0.2, 0) is 9.53 Å². The Morgan fingerprint density at radius 2 is 1.86 bits per heavy atom. The maximum absolute atomic E-state index is 12.4. The Labute approximate surface area is 129 Å². The van der Waals surface area contributed by atoms with Gasteiger partial charge in [-0.3, -0.25) is 0 Å². The number of ether oxygens (including phenoxy) is 1. The fraction of sp³-hybridized carbons (Fsp3) is 0.944. The second-order valence-corrected chi connectivity index (χ2v) is 8.77. The Balaban J connectivity index is 1.54. The third-order valence-electron chi connectivity index (χ3n) is 6.97. The SMILES string of the molecule is C[C@@H]1[C@@H](OC(=O)C[N+]2(C)CCCCC2)C[C@H]2C[C@@H]1C2(C)C. The van der Waals surface area contributed by atoms with Gasteiger partial charge in [0.2, 0.25) is 0 Å². The van der Waals surface area contributed by atoms with E-state index in [4.69, 9.17) is 4.74 Å². The van der Waals surface area contributed by atoms with Gasteiger partial charge in [-0.05, 0) is 55.3 Å². The first-order valence-corrected chi connectivity index (χ1v) is 8.85. The van der Waals surface area contributed by atoms with Crippen molar-refractivity contribution >= 4 is 5.97 Å². The van der Waals surface area contributed by atoms with E-state index in [-0.39, 0.29) is 12.1 Å². The van der Waals surface area contributed by atoms with Crippen LogP contribution in [-0.4, -0.2) is 43.2 Å². The second kappa shape index (κ2) is 5.26. The highest BCUT2D eigenvalue weighted by atomic mass is 16.5. The summed E-state index contributed by atoms with van der Waals surface area (Å²) < 4.78 is 6.80.